The number of benzene rings is 3. The van der Waals surface area contributed by atoms with Gasteiger partial charge in [0.05, 0.1) is 16.6 Å². The van der Waals surface area contributed by atoms with Crippen molar-refractivity contribution in [2.45, 2.75) is 56.9 Å². The van der Waals surface area contributed by atoms with Crippen molar-refractivity contribution in [3.05, 3.63) is 93.5 Å². The molecule has 3 aromatic carbocycles. The van der Waals surface area contributed by atoms with Crippen molar-refractivity contribution >= 4 is 37.5 Å². The van der Waals surface area contributed by atoms with Crippen LogP contribution in [0.3, 0.4) is 0 Å². The highest BCUT2D eigenvalue weighted by molar-refractivity contribution is 9.10. The molecule has 184 valence electrons. The fraction of sp³-hybridized carbons (Fsp3) is 0.321. The third-order valence-corrected chi connectivity index (χ3v) is 8.85. The molecular formula is C28H31BrN2O3S. The number of carbonyl (C=O) groups excluding carboxylic acids is 1. The maximum Gasteiger partial charge on any atom is 0.264 e. The number of nitrogens with zero attached hydrogens (tertiary/aromatic N) is 1. The van der Waals surface area contributed by atoms with E-state index in [1.165, 1.54) is 28.3 Å². The summed E-state index contributed by atoms with van der Waals surface area (Å²) in [5, 5.41) is 3.08. The molecule has 0 radical (unpaired) electrons. The molecule has 1 amide bonds. The zero-order valence-corrected chi connectivity index (χ0v) is 22.5. The van der Waals surface area contributed by atoms with Crippen LogP contribution in [0.2, 0.25) is 0 Å². The lowest BCUT2D eigenvalue weighted by atomic mass is 9.89. The normalized spacial score (nSPS) is 14.1. The molecule has 0 spiro atoms. The van der Waals surface area contributed by atoms with Gasteiger partial charge < -0.3 is 5.32 Å². The SMILES string of the molecule is CC[C@@H](NC(=O)CN(c1ccc(Br)cc1)S(=O)(=O)c1ccc(C)cc1)c1ccc2c(c1)CCCC2. The molecule has 0 unspecified atom stereocenters. The number of nitrogens with one attached hydrogen (secondary N) is 1. The predicted molar refractivity (Wildman–Crippen MR) is 144 cm³/mol. The molecule has 0 saturated heterocycles. The van der Waals surface area contributed by atoms with Gasteiger partial charge in [0, 0.05) is 4.47 Å². The van der Waals surface area contributed by atoms with Crippen LogP contribution in [0, 0.1) is 6.92 Å². The Labute approximate surface area is 216 Å². The summed E-state index contributed by atoms with van der Waals surface area (Å²) in [5.74, 6) is -0.340. The van der Waals surface area contributed by atoms with Crippen molar-refractivity contribution in [2.24, 2.45) is 0 Å². The van der Waals surface area contributed by atoms with Crippen LogP contribution >= 0.6 is 15.9 Å². The molecule has 1 N–H and O–H groups in total. The molecule has 5 nitrogen and oxygen atoms in total. The van der Waals surface area contributed by atoms with Crippen molar-refractivity contribution in [2.75, 3.05) is 10.8 Å². The Morgan fingerprint density at radius 1 is 0.971 bits per heavy atom. The van der Waals surface area contributed by atoms with Crippen LogP contribution in [0.1, 0.15) is 54.5 Å². The molecule has 0 aliphatic heterocycles. The second-order valence-corrected chi connectivity index (χ2v) is 11.8. The number of halogens is 1. The average molecular weight is 556 g/mol. The van der Waals surface area contributed by atoms with Crippen LogP contribution in [0.25, 0.3) is 0 Å². The summed E-state index contributed by atoms with van der Waals surface area (Å²) in [6.45, 7) is 3.63. The van der Waals surface area contributed by atoms with Crippen molar-refractivity contribution < 1.29 is 13.2 Å². The van der Waals surface area contributed by atoms with Crippen molar-refractivity contribution in [1.82, 2.24) is 5.32 Å². The van der Waals surface area contributed by atoms with E-state index >= 15 is 0 Å². The van der Waals surface area contributed by atoms with E-state index in [0.29, 0.717) is 12.1 Å². The van der Waals surface area contributed by atoms with E-state index in [-0.39, 0.29) is 23.4 Å². The topological polar surface area (TPSA) is 66.5 Å². The van der Waals surface area contributed by atoms with E-state index in [1.54, 1.807) is 48.5 Å². The Hall–Kier alpha value is -2.64. The summed E-state index contributed by atoms with van der Waals surface area (Å²) < 4.78 is 29.2. The van der Waals surface area contributed by atoms with Crippen molar-refractivity contribution in [3.8, 4) is 0 Å². The Balaban J connectivity index is 1.59. The molecule has 0 saturated carbocycles. The first-order valence-electron chi connectivity index (χ1n) is 12.0. The van der Waals surface area contributed by atoms with E-state index in [0.717, 1.165) is 28.4 Å². The van der Waals surface area contributed by atoms with Crippen LogP contribution in [-0.4, -0.2) is 20.9 Å². The van der Waals surface area contributed by atoms with E-state index in [9.17, 15) is 13.2 Å². The van der Waals surface area contributed by atoms with Gasteiger partial charge in [-0.15, -0.1) is 0 Å². The smallest absolute Gasteiger partial charge is 0.264 e. The quantitative estimate of drug-likeness (QED) is 0.365. The molecular weight excluding hydrogens is 524 g/mol. The number of amides is 1. The standard InChI is InChI=1S/C28H31BrN2O3S/c1-3-27(23-11-10-21-6-4-5-7-22(21)18-23)30-28(32)19-31(25-14-12-24(29)13-15-25)35(33,34)26-16-8-20(2)9-17-26/h8-18,27H,3-7,19H2,1-2H3,(H,30,32)/t27-/m1/s1. The Morgan fingerprint density at radius 2 is 1.63 bits per heavy atom. The summed E-state index contributed by atoms with van der Waals surface area (Å²) >= 11 is 3.40. The molecule has 0 bridgehead atoms. The van der Waals surface area contributed by atoms with E-state index in [1.807, 2.05) is 13.8 Å². The first kappa shape index (κ1) is 25.5. The van der Waals surface area contributed by atoms with E-state index in [2.05, 4.69) is 39.4 Å². The Bertz CT molecular complexity index is 1290. The second kappa shape index (κ2) is 11.0. The van der Waals surface area contributed by atoms with E-state index < -0.39 is 10.0 Å². The first-order valence-corrected chi connectivity index (χ1v) is 14.3. The van der Waals surface area contributed by atoms with Gasteiger partial charge >= 0.3 is 0 Å². The number of fused-ring (bicyclic) bond motifs is 1. The van der Waals surface area contributed by atoms with Crippen LogP contribution in [0.15, 0.2) is 76.1 Å². The van der Waals surface area contributed by atoms with Gasteiger partial charge in [0.1, 0.15) is 6.54 Å². The fourth-order valence-electron chi connectivity index (χ4n) is 4.52. The number of hydrogen-bond donors (Lipinski definition) is 1. The van der Waals surface area contributed by atoms with Gasteiger partial charge in [0.15, 0.2) is 0 Å². The largest absolute Gasteiger partial charge is 0.348 e. The third kappa shape index (κ3) is 5.96. The van der Waals surface area contributed by atoms with Crippen LogP contribution in [-0.2, 0) is 27.7 Å². The highest BCUT2D eigenvalue weighted by Gasteiger charge is 2.28. The monoisotopic (exact) mass is 554 g/mol. The van der Waals surface area contributed by atoms with Gasteiger partial charge in [-0.05, 0) is 92.1 Å². The summed E-state index contributed by atoms with van der Waals surface area (Å²) in [5.41, 5.74) is 5.23. The molecule has 0 aromatic heterocycles. The number of hydrogen-bond acceptors (Lipinski definition) is 3. The minimum atomic E-state index is -3.94. The van der Waals surface area contributed by atoms with Gasteiger partial charge in [-0.3, -0.25) is 9.10 Å². The first-order chi connectivity index (χ1) is 16.8. The third-order valence-electron chi connectivity index (χ3n) is 6.53. The minimum absolute atomic E-state index is 0.153. The highest BCUT2D eigenvalue weighted by atomic mass is 79.9. The maximum absolute atomic E-state index is 13.6. The summed E-state index contributed by atoms with van der Waals surface area (Å²) in [6.07, 6.45) is 5.31. The zero-order chi connectivity index (χ0) is 25.0. The number of carbonyl (C=O) groups is 1. The number of anilines is 1. The van der Waals surface area contributed by atoms with Crippen LogP contribution in [0.5, 0.6) is 0 Å². The summed E-state index contributed by atoms with van der Waals surface area (Å²) in [4.78, 5) is 13.4. The molecule has 1 aliphatic carbocycles. The lowest BCUT2D eigenvalue weighted by Gasteiger charge is -2.26. The lowest BCUT2D eigenvalue weighted by Crippen LogP contribution is -2.42. The van der Waals surface area contributed by atoms with Gasteiger partial charge in [-0.2, -0.15) is 0 Å². The number of aryl methyl sites for hydroxylation is 3. The summed E-state index contributed by atoms with van der Waals surface area (Å²) in [7, 11) is -3.94. The van der Waals surface area contributed by atoms with Gasteiger partial charge in [0.2, 0.25) is 5.91 Å². The van der Waals surface area contributed by atoms with Crippen LogP contribution < -0.4 is 9.62 Å². The van der Waals surface area contributed by atoms with Gasteiger partial charge in [0.25, 0.3) is 10.0 Å². The Kier molecular flexibility index (Phi) is 7.97. The second-order valence-electron chi connectivity index (χ2n) is 9.06. The fourth-order valence-corrected chi connectivity index (χ4v) is 6.21. The molecule has 3 aromatic rings. The Morgan fingerprint density at radius 3 is 2.29 bits per heavy atom. The predicted octanol–water partition coefficient (Wildman–Crippen LogP) is 6.10. The van der Waals surface area contributed by atoms with Gasteiger partial charge in [-0.25, -0.2) is 8.42 Å². The van der Waals surface area contributed by atoms with Gasteiger partial charge in [-0.1, -0.05) is 58.7 Å². The molecule has 1 atom stereocenters. The van der Waals surface area contributed by atoms with Crippen molar-refractivity contribution in [1.29, 1.82) is 0 Å². The molecule has 1 aliphatic rings. The summed E-state index contributed by atoms with van der Waals surface area (Å²) in [6, 6.07) is 19.9. The van der Waals surface area contributed by atoms with Crippen LogP contribution in [0.4, 0.5) is 5.69 Å². The minimum Gasteiger partial charge on any atom is -0.348 e. The molecule has 35 heavy (non-hydrogen) atoms. The maximum atomic E-state index is 13.6. The molecule has 0 heterocycles. The molecule has 7 heteroatoms. The van der Waals surface area contributed by atoms with Crippen molar-refractivity contribution in [3.63, 3.8) is 0 Å². The highest BCUT2D eigenvalue weighted by Crippen LogP contribution is 2.28. The molecule has 0 fully saturated rings. The number of sulfonamides is 1. The number of rotatable bonds is 8. The zero-order valence-electron chi connectivity index (χ0n) is 20.1. The molecule has 4 rings (SSSR count). The average Bonchev–Trinajstić information content (AvgIpc) is 2.86. The lowest BCUT2D eigenvalue weighted by molar-refractivity contribution is -0.120. The van der Waals surface area contributed by atoms with E-state index in [4.69, 9.17) is 0 Å².